The highest BCUT2D eigenvalue weighted by atomic mass is 31.2. The van der Waals surface area contributed by atoms with Gasteiger partial charge in [0.15, 0.2) is 5.66 Å². The van der Waals surface area contributed by atoms with Crippen LogP contribution in [0.1, 0.15) is 78.1 Å². The molecule has 0 saturated heterocycles. The van der Waals surface area contributed by atoms with Crippen molar-refractivity contribution >= 4 is 34.9 Å². The van der Waals surface area contributed by atoms with Gasteiger partial charge in [0, 0.05) is 6.42 Å². The molecule has 0 aliphatic rings. The quantitative estimate of drug-likeness (QED) is 0.104. The molecule has 0 bridgehead atoms. The molecule has 0 fully saturated rings. The predicted molar refractivity (Wildman–Crippen MR) is 162 cm³/mol. The summed E-state index contributed by atoms with van der Waals surface area (Å²) in [5, 5.41) is 3.67. The first-order chi connectivity index (χ1) is 18.6. The van der Waals surface area contributed by atoms with E-state index >= 15 is 0 Å². The molecule has 1 unspecified atom stereocenters. The Labute approximate surface area is 230 Å². The Morgan fingerprint density at radius 1 is 0.632 bits per heavy atom. The van der Waals surface area contributed by atoms with Crippen molar-refractivity contribution in [2.45, 2.75) is 83.7 Å². The second-order valence-electron chi connectivity index (χ2n) is 10.1. The fourth-order valence-corrected chi connectivity index (χ4v) is 10.3. The molecular formula is C34H44O3P+. The Morgan fingerprint density at radius 2 is 1.03 bits per heavy atom. The minimum Gasteiger partial charge on any atom is -0.463 e. The zero-order valence-corrected chi connectivity index (χ0v) is 24.1. The molecule has 3 nitrogen and oxygen atoms in total. The zero-order chi connectivity index (χ0) is 27.1. The van der Waals surface area contributed by atoms with Crippen LogP contribution in [0.5, 0.6) is 0 Å². The van der Waals surface area contributed by atoms with Crippen molar-refractivity contribution < 1.29 is 14.3 Å². The second-order valence-corrected chi connectivity index (χ2v) is 13.7. The summed E-state index contributed by atoms with van der Waals surface area (Å²) in [6, 6.07) is 31.9. The van der Waals surface area contributed by atoms with E-state index in [0.717, 1.165) is 32.1 Å². The number of rotatable bonds is 17. The lowest BCUT2D eigenvalue weighted by Crippen LogP contribution is -2.43. The minimum absolute atomic E-state index is 0.0807. The maximum Gasteiger partial charge on any atom is 0.348 e. The van der Waals surface area contributed by atoms with Crippen LogP contribution in [0.15, 0.2) is 91.0 Å². The molecule has 0 aliphatic carbocycles. The molecule has 0 amide bonds. The van der Waals surface area contributed by atoms with E-state index in [1.54, 1.807) is 6.92 Å². The molecule has 0 radical (unpaired) electrons. The van der Waals surface area contributed by atoms with Gasteiger partial charge >= 0.3 is 5.97 Å². The van der Waals surface area contributed by atoms with Crippen molar-refractivity contribution in [3.8, 4) is 0 Å². The van der Waals surface area contributed by atoms with Crippen molar-refractivity contribution in [3.05, 3.63) is 91.0 Å². The normalized spacial score (nSPS) is 12.2. The number of ketones is 1. The average Bonchev–Trinajstić information content (AvgIpc) is 2.95. The summed E-state index contributed by atoms with van der Waals surface area (Å²) in [5.41, 5.74) is -0.235. The van der Waals surface area contributed by atoms with E-state index in [1.807, 2.05) is 25.1 Å². The highest BCUT2D eigenvalue weighted by Gasteiger charge is 2.55. The van der Waals surface area contributed by atoms with Gasteiger partial charge in [0.2, 0.25) is 0 Å². The number of ether oxygens (including phenoxy) is 1. The Bertz CT molecular complexity index is 986. The van der Waals surface area contributed by atoms with E-state index < -0.39 is 7.26 Å². The lowest BCUT2D eigenvalue weighted by molar-refractivity contribution is -0.142. The number of carbonyl (C=O) groups is 2. The van der Waals surface area contributed by atoms with Crippen LogP contribution >= 0.6 is 7.26 Å². The van der Waals surface area contributed by atoms with Gasteiger partial charge in [-0.1, -0.05) is 93.1 Å². The zero-order valence-electron chi connectivity index (χ0n) is 23.2. The number of Topliss-reactive ketones (excluding diaryl/α,β-unsaturated/α-hetero) is 1. The number of benzene rings is 3. The standard InChI is InChI=1S/C34H44O3P/c1-3-37-34(36)33(28-20-9-7-5-4-6-8-13-21-29(2)35)38(30-22-14-10-15-23-30,31-24-16-11-17-25-31)32-26-18-12-19-27-32/h10-12,14-19,22-27,33H,3-9,13,20-21,28H2,1-2H3/q+1. The van der Waals surface area contributed by atoms with Gasteiger partial charge in [0.25, 0.3) is 0 Å². The van der Waals surface area contributed by atoms with Gasteiger partial charge in [-0.15, -0.1) is 0 Å². The van der Waals surface area contributed by atoms with Crippen LogP contribution in [0.2, 0.25) is 0 Å². The third-order valence-electron chi connectivity index (χ3n) is 7.27. The smallest absolute Gasteiger partial charge is 0.348 e. The largest absolute Gasteiger partial charge is 0.463 e. The Hall–Kier alpha value is -2.77. The first kappa shape index (κ1) is 29.8. The van der Waals surface area contributed by atoms with Crippen molar-refractivity contribution in [2.24, 2.45) is 0 Å². The third-order valence-corrected chi connectivity index (χ3v) is 12.0. The SMILES string of the molecule is CCOC(=O)C(CCCCCCCCCCC(C)=O)[P+](c1ccccc1)(c1ccccc1)c1ccccc1. The monoisotopic (exact) mass is 531 g/mol. The van der Waals surface area contributed by atoms with Gasteiger partial charge in [-0.25, -0.2) is 4.79 Å². The van der Waals surface area contributed by atoms with Crippen LogP contribution in [0.4, 0.5) is 0 Å². The van der Waals surface area contributed by atoms with Crippen molar-refractivity contribution in [3.63, 3.8) is 0 Å². The van der Waals surface area contributed by atoms with Crippen molar-refractivity contribution in [1.29, 1.82) is 0 Å². The highest BCUT2D eigenvalue weighted by Crippen LogP contribution is 2.61. The molecule has 0 heterocycles. The Balaban J connectivity index is 1.84. The molecule has 0 saturated carbocycles. The van der Waals surface area contributed by atoms with Gasteiger partial charge < -0.3 is 9.53 Å². The molecule has 1 atom stereocenters. The summed E-state index contributed by atoms with van der Waals surface area (Å²) in [7, 11) is -2.33. The maximum absolute atomic E-state index is 13.8. The average molecular weight is 532 g/mol. The second kappa shape index (κ2) is 16.2. The fourth-order valence-electron chi connectivity index (χ4n) is 5.46. The molecule has 0 spiro atoms. The molecule has 3 aromatic rings. The van der Waals surface area contributed by atoms with Crippen molar-refractivity contribution in [1.82, 2.24) is 0 Å². The molecule has 202 valence electrons. The lowest BCUT2D eigenvalue weighted by atomic mass is 10.1. The van der Waals surface area contributed by atoms with Gasteiger partial charge in [-0.05, 0) is 69.5 Å². The number of hydrogen-bond acceptors (Lipinski definition) is 3. The van der Waals surface area contributed by atoms with E-state index in [9.17, 15) is 9.59 Å². The summed E-state index contributed by atoms with van der Waals surface area (Å²) in [4.78, 5) is 24.9. The first-order valence-corrected chi connectivity index (χ1v) is 16.2. The summed E-state index contributed by atoms with van der Waals surface area (Å²) in [6.45, 7) is 3.96. The predicted octanol–water partition coefficient (Wildman–Crippen LogP) is 7.40. The number of hydrogen-bond donors (Lipinski definition) is 0. The molecule has 4 heteroatoms. The number of esters is 1. The first-order valence-electron chi connectivity index (χ1n) is 14.3. The minimum atomic E-state index is -2.33. The molecular weight excluding hydrogens is 487 g/mol. The van der Waals surface area contributed by atoms with Crippen LogP contribution in [-0.2, 0) is 14.3 Å². The van der Waals surface area contributed by atoms with Gasteiger partial charge in [-0.2, -0.15) is 0 Å². The van der Waals surface area contributed by atoms with Crippen LogP contribution in [0, 0.1) is 0 Å². The summed E-state index contributed by atoms with van der Waals surface area (Å²) >= 11 is 0. The summed E-state index contributed by atoms with van der Waals surface area (Å²) in [5.74, 6) is 0.212. The topological polar surface area (TPSA) is 43.4 Å². The summed E-state index contributed by atoms with van der Waals surface area (Å²) < 4.78 is 5.79. The van der Waals surface area contributed by atoms with Crippen LogP contribution in [-0.4, -0.2) is 24.0 Å². The number of unbranched alkanes of at least 4 members (excludes halogenated alkanes) is 7. The molecule has 0 aromatic heterocycles. The van der Waals surface area contributed by atoms with Gasteiger partial charge in [0.05, 0.1) is 6.61 Å². The van der Waals surface area contributed by atoms with E-state index in [0.29, 0.717) is 18.8 Å². The lowest BCUT2D eigenvalue weighted by Gasteiger charge is -2.33. The molecule has 3 aromatic carbocycles. The van der Waals surface area contributed by atoms with Gasteiger partial charge in [-0.3, -0.25) is 0 Å². The number of carbonyl (C=O) groups excluding carboxylic acids is 2. The molecule has 3 rings (SSSR count). The van der Waals surface area contributed by atoms with Crippen LogP contribution < -0.4 is 15.9 Å². The van der Waals surface area contributed by atoms with Crippen LogP contribution in [0.3, 0.4) is 0 Å². The van der Waals surface area contributed by atoms with E-state index in [2.05, 4.69) is 72.8 Å². The molecule has 0 N–H and O–H groups in total. The summed E-state index contributed by atoms with van der Waals surface area (Å²) in [6.07, 6.45) is 10.6. The van der Waals surface area contributed by atoms with Crippen LogP contribution in [0.25, 0.3) is 0 Å². The third kappa shape index (κ3) is 8.11. The molecule has 0 aliphatic heterocycles. The van der Waals surface area contributed by atoms with E-state index in [1.165, 1.54) is 41.6 Å². The fraction of sp³-hybridized carbons (Fsp3) is 0.412. The van der Waals surface area contributed by atoms with Crippen molar-refractivity contribution in [2.75, 3.05) is 6.61 Å². The highest BCUT2D eigenvalue weighted by molar-refractivity contribution is 7.96. The Kier molecular flexibility index (Phi) is 12.7. The van der Waals surface area contributed by atoms with Gasteiger partial charge in [0.1, 0.15) is 29.0 Å². The maximum atomic E-state index is 13.8. The van der Waals surface area contributed by atoms with E-state index in [4.69, 9.17) is 4.74 Å². The Morgan fingerprint density at radius 3 is 1.42 bits per heavy atom. The molecule has 38 heavy (non-hydrogen) atoms. The van der Waals surface area contributed by atoms with E-state index in [-0.39, 0.29) is 11.6 Å².